The minimum absolute atomic E-state index is 0.0307. The van der Waals surface area contributed by atoms with Crippen LogP contribution < -0.4 is 0 Å². The first-order chi connectivity index (χ1) is 7.86. The van der Waals surface area contributed by atoms with Crippen molar-refractivity contribution >= 4 is 11.6 Å². The van der Waals surface area contributed by atoms with Gasteiger partial charge in [0.15, 0.2) is 11.5 Å². The van der Waals surface area contributed by atoms with Gasteiger partial charge in [0.05, 0.1) is 5.56 Å². The zero-order valence-corrected chi connectivity index (χ0v) is 8.27. The Morgan fingerprint density at radius 2 is 2.18 bits per heavy atom. The SMILES string of the molecule is O=C(O)Cc1nc2cc(C(F)(F)F)ccn2n1. The lowest BCUT2D eigenvalue weighted by Crippen LogP contribution is -2.05. The fourth-order valence-corrected chi connectivity index (χ4v) is 1.31. The molecule has 0 unspecified atom stereocenters. The third-order valence-corrected chi connectivity index (χ3v) is 2.02. The summed E-state index contributed by atoms with van der Waals surface area (Å²) in [6.07, 6.45) is -3.79. The molecule has 2 aromatic rings. The fraction of sp³-hybridized carbons (Fsp3) is 0.222. The molecule has 0 bridgehead atoms. The lowest BCUT2D eigenvalue weighted by atomic mass is 10.2. The molecule has 5 nitrogen and oxygen atoms in total. The van der Waals surface area contributed by atoms with Gasteiger partial charge < -0.3 is 5.11 Å². The molecule has 0 fully saturated rings. The first-order valence-corrected chi connectivity index (χ1v) is 4.50. The maximum atomic E-state index is 12.4. The van der Waals surface area contributed by atoms with E-state index in [1.165, 1.54) is 0 Å². The number of halogens is 3. The highest BCUT2D eigenvalue weighted by Crippen LogP contribution is 2.29. The highest BCUT2D eigenvalue weighted by atomic mass is 19.4. The van der Waals surface area contributed by atoms with Crippen LogP contribution in [0, 0.1) is 0 Å². The summed E-state index contributed by atoms with van der Waals surface area (Å²) in [5.41, 5.74) is -0.879. The molecule has 0 aliphatic rings. The normalized spacial score (nSPS) is 11.9. The van der Waals surface area contributed by atoms with Crippen LogP contribution in [0.25, 0.3) is 5.65 Å². The minimum Gasteiger partial charge on any atom is -0.481 e. The van der Waals surface area contributed by atoms with Crippen molar-refractivity contribution in [3.63, 3.8) is 0 Å². The lowest BCUT2D eigenvalue weighted by Gasteiger charge is -2.05. The van der Waals surface area contributed by atoms with Gasteiger partial charge in [-0.3, -0.25) is 4.79 Å². The number of carbonyl (C=O) groups is 1. The van der Waals surface area contributed by atoms with Gasteiger partial charge in [-0.15, -0.1) is 0 Å². The first-order valence-electron chi connectivity index (χ1n) is 4.50. The van der Waals surface area contributed by atoms with Gasteiger partial charge in [-0.05, 0) is 12.1 Å². The second-order valence-electron chi connectivity index (χ2n) is 3.31. The van der Waals surface area contributed by atoms with Crippen molar-refractivity contribution in [2.45, 2.75) is 12.6 Å². The van der Waals surface area contributed by atoms with Crippen LogP contribution in [0.2, 0.25) is 0 Å². The van der Waals surface area contributed by atoms with E-state index in [4.69, 9.17) is 5.11 Å². The van der Waals surface area contributed by atoms with Gasteiger partial charge in [0.25, 0.3) is 0 Å². The third kappa shape index (κ3) is 2.35. The second kappa shape index (κ2) is 3.72. The number of aromatic nitrogens is 3. The van der Waals surface area contributed by atoms with E-state index < -0.39 is 24.1 Å². The van der Waals surface area contributed by atoms with Gasteiger partial charge in [0.1, 0.15) is 6.42 Å². The fourth-order valence-electron chi connectivity index (χ4n) is 1.31. The Labute approximate surface area is 92.5 Å². The maximum absolute atomic E-state index is 12.4. The molecule has 90 valence electrons. The molecule has 0 aliphatic carbocycles. The number of pyridine rings is 1. The van der Waals surface area contributed by atoms with E-state index in [0.29, 0.717) is 0 Å². The summed E-state index contributed by atoms with van der Waals surface area (Å²) in [6.45, 7) is 0. The number of hydrogen-bond acceptors (Lipinski definition) is 3. The molecule has 17 heavy (non-hydrogen) atoms. The second-order valence-corrected chi connectivity index (χ2v) is 3.31. The van der Waals surface area contributed by atoms with Crippen LogP contribution in [0.3, 0.4) is 0 Å². The third-order valence-electron chi connectivity index (χ3n) is 2.02. The molecule has 0 radical (unpaired) electrons. The Morgan fingerprint density at radius 3 is 2.76 bits per heavy atom. The Bertz CT molecular complexity index is 576. The Hall–Kier alpha value is -2.12. The molecule has 8 heteroatoms. The van der Waals surface area contributed by atoms with Gasteiger partial charge in [0.2, 0.25) is 0 Å². The molecule has 0 atom stereocenters. The molecule has 0 aliphatic heterocycles. The average Bonchev–Trinajstić information content (AvgIpc) is 2.55. The zero-order valence-electron chi connectivity index (χ0n) is 8.27. The van der Waals surface area contributed by atoms with Crippen LogP contribution in [-0.4, -0.2) is 25.7 Å². The van der Waals surface area contributed by atoms with Gasteiger partial charge in [0, 0.05) is 6.20 Å². The molecule has 2 aromatic heterocycles. The van der Waals surface area contributed by atoms with Crippen molar-refractivity contribution < 1.29 is 23.1 Å². The Morgan fingerprint density at radius 1 is 1.47 bits per heavy atom. The van der Waals surface area contributed by atoms with Crippen LogP contribution >= 0.6 is 0 Å². The summed E-state index contributed by atoms with van der Waals surface area (Å²) in [5.74, 6) is -1.17. The summed E-state index contributed by atoms with van der Waals surface area (Å²) in [6, 6.07) is 1.67. The lowest BCUT2D eigenvalue weighted by molar-refractivity contribution is -0.138. The van der Waals surface area contributed by atoms with E-state index in [1.807, 2.05) is 0 Å². The molecule has 0 saturated carbocycles. The quantitative estimate of drug-likeness (QED) is 0.867. The van der Waals surface area contributed by atoms with Crippen LogP contribution in [0.4, 0.5) is 13.2 Å². The van der Waals surface area contributed by atoms with Crippen LogP contribution in [0.1, 0.15) is 11.4 Å². The standard InChI is InChI=1S/C9H6F3N3O2/c10-9(11,12)5-1-2-15-7(3-5)13-6(14-15)4-8(16)17/h1-3H,4H2,(H,16,17). The summed E-state index contributed by atoms with van der Waals surface area (Å²) >= 11 is 0. The highest BCUT2D eigenvalue weighted by molar-refractivity contribution is 5.69. The van der Waals surface area contributed by atoms with Gasteiger partial charge in [-0.2, -0.15) is 18.3 Å². The van der Waals surface area contributed by atoms with Crippen molar-refractivity contribution in [1.29, 1.82) is 0 Å². The van der Waals surface area contributed by atoms with Crippen LogP contribution in [0.5, 0.6) is 0 Å². The molecule has 2 heterocycles. The Kier molecular flexibility index (Phi) is 2.49. The largest absolute Gasteiger partial charge is 0.481 e. The first kappa shape index (κ1) is 11.4. The van der Waals surface area contributed by atoms with Gasteiger partial charge in [-0.1, -0.05) is 0 Å². The van der Waals surface area contributed by atoms with Crippen molar-refractivity contribution in [2.75, 3.05) is 0 Å². The maximum Gasteiger partial charge on any atom is 0.416 e. The van der Waals surface area contributed by atoms with E-state index in [-0.39, 0.29) is 11.5 Å². The van der Waals surface area contributed by atoms with Crippen molar-refractivity contribution in [1.82, 2.24) is 14.6 Å². The summed E-state index contributed by atoms with van der Waals surface area (Å²) < 4.78 is 38.2. The zero-order chi connectivity index (χ0) is 12.6. The summed E-state index contributed by atoms with van der Waals surface area (Å²) in [5, 5.41) is 12.2. The number of fused-ring (bicyclic) bond motifs is 1. The molecule has 0 aromatic carbocycles. The van der Waals surface area contributed by atoms with Gasteiger partial charge >= 0.3 is 12.1 Å². The van der Waals surface area contributed by atoms with Crippen molar-refractivity contribution in [3.05, 3.63) is 29.7 Å². The number of carboxylic acid groups (broad SMARTS) is 1. The number of aliphatic carboxylic acids is 1. The van der Waals surface area contributed by atoms with Crippen LogP contribution in [0.15, 0.2) is 18.3 Å². The predicted molar refractivity (Wildman–Crippen MR) is 49.3 cm³/mol. The van der Waals surface area contributed by atoms with Crippen molar-refractivity contribution in [3.8, 4) is 0 Å². The van der Waals surface area contributed by atoms with E-state index in [9.17, 15) is 18.0 Å². The smallest absolute Gasteiger partial charge is 0.416 e. The van der Waals surface area contributed by atoms with E-state index in [2.05, 4.69) is 10.1 Å². The van der Waals surface area contributed by atoms with Gasteiger partial charge in [-0.25, -0.2) is 9.50 Å². The number of rotatable bonds is 2. The predicted octanol–water partition coefficient (Wildman–Crippen LogP) is 1.38. The minimum atomic E-state index is -4.46. The number of alkyl halides is 3. The van der Waals surface area contributed by atoms with E-state index in [1.54, 1.807) is 0 Å². The summed E-state index contributed by atoms with van der Waals surface area (Å²) in [7, 11) is 0. The molecular formula is C9H6F3N3O2. The Balaban J connectivity index is 2.44. The molecule has 1 N–H and O–H groups in total. The van der Waals surface area contributed by atoms with E-state index >= 15 is 0 Å². The average molecular weight is 245 g/mol. The number of hydrogen-bond donors (Lipinski definition) is 1. The van der Waals surface area contributed by atoms with E-state index in [0.717, 1.165) is 22.8 Å². The monoisotopic (exact) mass is 245 g/mol. The topological polar surface area (TPSA) is 67.5 Å². The molecule has 0 spiro atoms. The molecule has 2 rings (SSSR count). The van der Waals surface area contributed by atoms with Crippen LogP contribution in [-0.2, 0) is 17.4 Å². The number of carboxylic acids is 1. The highest BCUT2D eigenvalue weighted by Gasteiger charge is 2.30. The number of nitrogens with zero attached hydrogens (tertiary/aromatic N) is 3. The molecule has 0 amide bonds. The summed E-state index contributed by atoms with van der Waals surface area (Å²) in [4.78, 5) is 14.1. The molecular weight excluding hydrogens is 239 g/mol. The van der Waals surface area contributed by atoms with Crippen molar-refractivity contribution in [2.24, 2.45) is 0 Å². The molecule has 0 saturated heterocycles.